The molecule has 27 heavy (non-hydrogen) atoms. The molecule has 0 spiro atoms. The van der Waals surface area contributed by atoms with Gasteiger partial charge in [-0.2, -0.15) is 0 Å². The number of amides is 1. The van der Waals surface area contributed by atoms with Gasteiger partial charge >= 0.3 is 0 Å². The molecule has 1 N–H and O–H groups in total. The van der Waals surface area contributed by atoms with Crippen LogP contribution in [0.5, 0.6) is 5.75 Å². The first-order valence-electron chi connectivity index (χ1n) is 9.58. The number of hydrogen-bond donors (Lipinski definition) is 1. The summed E-state index contributed by atoms with van der Waals surface area (Å²) in [4.78, 5) is 15.0. The minimum atomic E-state index is -0.0812. The van der Waals surface area contributed by atoms with Crippen LogP contribution in [0.25, 0.3) is 0 Å². The smallest absolute Gasteiger partial charge is 0.251 e. The van der Waals surface area contributed by atoms with Gasteiger partial charge in [0.1, 0.15) is 5.75 Å². The first kappa shape index (κ1) is 19.7. The summed E-state index contributed by atoms with van der Waals surface area (Å²) in [5.74, 6) is 0.690. The molecule has 3 rings (SSSR count). The molecule has 1 fully saturated rings. The van der Waals surface area contributed by atoms with Crippen molar-refractivity contribution in [1.82, 2.24) is 10.2 Å². The Morgan fingerprint density at radius 3 is 2.41 bits per heavy atom. The van der Waals surface area contributed by atoms with Crippen molar-refractivity contribution in [2.24, 2.45) is 0 Å². The van der Waals surface area contributed by atoms with Crippen molar-refractivity contribution in [3.63, 3.8) is 0 Å². The zero-order valence-electron chi connectivity index (χ0n) is 16.0. The Morgan fingerprint density at radius 1 is 1.11 bits per heavy atom. The van der Waals surface area contributed by atoms with E-state index in [0.717, 1.165) is 29.4 Å². The third-order valence-corrected chi connectivity index (χ3v) is 5.13. The fourth-order valence-corrected chi connectivity index (χ4v) is 3.74. The third-order valence-electron chi connectivity index (χ3n) is 4.79. The summed E-state index contributed by atoms with van der Waals surface area (Å²) in [5, 5.41) is 3.83. The molecule has 1 saturated heterocycles. The van der Waals surface area contributed by atoms with Crippen molar-refractivity contribution < 1.29 is 9.53 Å². The zero-order chi connectivity index (χ0) is 19.2. The van der Waals surface area contributed by atoms with Gasteiger partial charge in [-0.1, -0.05) is 29.8 Å². The van der Waals surface area contributed by atoms with Crippen molar-refractivity contribution in [3.8, 4) is 5.75 Å². The molecule has 0 aromatic heterocycles. The van der Waals surface area contributed by atoms with Crippen LogP contribution in [0.2, 0.25) is 5.02 Å². The molecular formula is C22H27ClN2O2. The molecule has 5 heteroatoms. The first-order valence-corrected chi connectivity index (χ1v) is 9.96. The molecule has 1 atom stereocenters. The van der Waals surface area contributed by atoms with Gasteiger partial charge in [0.15, 0.2) is 0 Å². The average Bonchev–Trinajstić information content (AvgIpc) is 3.18. The Morgan fingerprint density at radius 2 is 1.78 bits per heavy atom. The highest BCUT2D eigenvalue weighted by atomic mass is 35.5. The van der Waals surface area contributed by atoms with E-state index in [-0.39, 0.29) is 18.1 Å². The summed E-state index contributed by atoms with van der Waals surface area (Å²) in [6, 6.07) is 15.3. The van der Waals surface area contributed by atoms with Crippen LogP contribution >= 0.6 is 11.6 Å². The van der Waals surface area contributed by atoms with Crippen molar-refractivity contribution in [1.29, 1.82) is 0 Å². The lowest BCUT2D eigenvalue weighted by Crippen LogP contribution is -2.37. The lowest BCUT2D eigenvalue weighted by atomic mass is 10.0. The Bertz CT molecular complexity index is 755. The summed E-state index contributed by atoms with van der Waals surface area (Å²) in [6.07, 6.45) is 2.49. The summed E-state index contributed by atoms with van der Waals surface area (Å²) < 4.78 is 5.63. The highest BCUT2D eigenvalue weighted by molar-refractivity contribution is 6.31. The second kappa shape index (κ2) is 9.25. The lowest BCUT2D eigenvalue weighted by Gasteiger charge is -2.29. The molecule has 1 aliphatic rings. The van der Waals surface area contributed by atoms with E-state index in [1.165, 1.54) is 12.8 Å². The van der Waals surface area contributed by atoms with Crippen LogP contribution in [0.4, 0.5) is 0 Å². The fourth-order valence-electron chi connectivity index (χ4n) is 3.48. The number of nitrogens with one attached hydrogen (secondary N) is 1. The van der Waals surface area contributed by atoms with E-state index in [4.69, 9.17) is 16.3 Å². The molecule has 1 amide bonds. The van der Waals surface area contributed by atoms with Gasteiger partial charge < -0.3 is 10.1 Å². The number of ether oxygens (including phenoxy) is 1. The summed E-state index contributed by atoms with van der Waals surface area (Å²) in [5.41, 5.74) is 1.70. The van der Waals surface area contributed by atoms with Crippen LogP contribution in [0.15, 0.2) is 48.5 Å². The molecule has 1 aliphatic heterocycles. The molecule has 0 aliphatic carbocycles. The van der Waals surface area contributed by atoms with Gasteiger partial charge in [0, 0.05) is 17.1 Å². The topological polar surface area (TPSA) is 41.6 Å². The van der Waals surface area contributed by atoms with Gasteiger partial charge in [0.25, 0.3) is 5.91 Å². The highest BCUT2D eigenvalue weighted by Gasteiger charge is 2.25. The Kier molecular flexibility index (Phi) is 6.75. The second-order valence-electron chi connectivity index (χ2n) is 7.18. The molecule has 144 valence electrons. The van der Waals surface area contributed by atoms with Crippen molar-refractivity contribution >= 4 is 17.5 Å². The fraction of sp³-hybridized carbons (Fsp3) is 0.409. The largest absolute Gasteiger partial charge is 0.491 e. The predicted molar refractivity (Wildman–Crippen MR) is 110 cm³/mol. The molecule has 0 bridgehead atoms. The number of nitrogens with zero attached hydrogens (tertiary/aromatic N) is 1. The van der Waals surface area contributed by atoms with E-state index in [2.05, 4.69) is 16.3 Å². The third kappa shape index (κ3) is 5.24. The minimum Gasteiger partial charge on any atom is -0.491 e. The second-order valence-corrected chi connectivity index (χ2v) is 7.59. The monoisotopic (exact) mass is 386 g/mol. The number of hydrogen-bond acceptors (Lipinski definition) is 3. The quantitative estimate of drug-likeness (QED) is 0.750. The highest BCUT2D eigenvalue weighted by Crippen LogP contribution is 2.29. The van der Waals surface area contributed by atoms with Crippen molar-refractivity contribution in [3.05, 3.63) is 64.7 Å². The van der Waals surface area contributed by atoms with E-state index >= 15 is 0 Å². The molecule has 0 radical (unpaired) electrons. The molecule has 1 heterocycles. The van der Waals surface area contributed by atoms with Crippen molar-refractivity contribution in [2.45, 2.75) is 38.8 Å². The van der Waals surface area contributed by atoms with E-state index in [1.54, 1.807) is 12.1 Å². The molecule has 0 unspecified atom stereocenters. The molecule has 2 aromatic rings. The zero-order valence-corrected chi connectivity index (χ0v) is 16.7. The molecule has 2 aromatic carbocycles. The van der Waals surface area contributed by atoms with E-state index in [9.17, 15) is 4.79 Å². The summed E-state index contributed by atoms with van der Waals surface area (Å²) in [6.45, 7) is 6.56. The van der Waals surface area contributed by atoms with Crippen LogP contribution < -0.4 is 10.1 Å². The van der Waals surface area contributed by atoms with Crippen molar-refractivity contribution in [2.75, 3.05) is 19.6 Å². The number of carbonyl (C=O) groups is 1. The number of rotatable bonds is 7. The van der Waals surface area contributed by atoms with Crippen LogP contribution in [-0.2, 0) is 0 Å². The molecule has 0 saturated carbocycles. The Labute approximate surface area is 166 Å². The number of carbonyl (C=O) groups excluding carboxylic acids is 1. The average molecular weight is 387 g/mol. The number of benzene rings is 2. The van der Waals surface area contributed by atoms with Crippen LogP contribution in [-0.4, -0.2) is 36.5 Å². The summed E-state index contributed by atoms with van der Waals surface area (Å²) >= 11 is 6.44. The normalized spacial score (nSPS) is 15.7. The van der Waals surface area contributed by atoms with Gasteiger partial charge in [0.05, 0.1) is 12.1 Å². The van der Waals surface area contributed by atoms with Gasteiger partial charge in [-0.3, -0.25) is 9.69 Å². The summed E-state index contributed by atoms with van der Waals surface area (Å²) in [7, 11) is 0. The lowest BCUT2D eigenvalue weighted by molar-refractivity contribution is 0.0938. The molecule has 4 nitrogen and oxygen atoms in total. The maximum Gasteiger partial charge on any atom is 0.251 e. The molecular weight excluding hydrogens is 360 g/mol. The standard InChI is InChI=1S/C22H27ClN2O2/c1-16(2)27-18-11-9-17(10-12-18)22(26)24-15-21(25-13-5-6-14-25)19-7-3-4-8-20(19)23/h3-4,7-12,16,21H,5-6,13-15H2,1-2H3,(H,24,26)/t21-/m1/s1. The van der Waals surface area contributed by atoms with Gasteiger partial charge in [-0.15, -0.1) is 0 Å². The van der Waals surface area contributed by atoms with Gasteiger partial charge in [0.2, 0.25) is 0 Å². The maximum absolute atomic E-state index is 12.6. The number of halogens is 1. The van der Waals surface area contributed by atoms with E-state index in [0.29, 0.717) is 12.1 Å². The first-order chi connectivity index (χ1) is 13.0. The Hall–Kier alpha value is -2.04. The SMILES string of the molecule is CC(C)Oc1ccc(C(=O)NC[C@H](c2ccccc2Cl)N2CCCC2)cc1. The van der Waals surface area contributed by atoms with Gasteiger partial charge in [-0.05, 0) is 75.7 Å². The predicted octanol–water partition coefficient (Wildman–Crippen LogP) is 4.69. The minimum absolute atomic E-state index is 0.0812. The maximum atomic E-state index is 12.6. The van der Waals surface area contributed by atoms with E-state index in [1.807, 2.05) is 44.2 Å². The van der Waals surface area contributed by atoms with E-state index < -0.39 is 0 Å². The van der Waals surface area contributed by atoms with Gasteiger partial charge in [-0.25, -0.2) is 0 Å². The van der Waals surface area contributed by atoms with Crippen LogP contribution in [0.3, 0.4) is 0 Å². The van der Waals surface area contributed by atoms with Crippen LogP contribution in [0.1, 0.15) is 48.7 Å². The Balaban J connectivity index is 1.68. The van der Waals surface area contributed by atoms with Crippen LogP contribution in [0, 0.1) is 0 Å². The number of likely N-dealkylation sites (tertiary alicyclic amines) is 1.